The minimum absolute atomic E-state index is 0.314. The number of imidazole rings is 1. The molecule has 0 radical (unpaired) electrons. The van der Waals surface area contributed by atoms with Crippen LogP contribution in [0.3, 0.4) is 0 Å². The number of benzene rings is 1. The van der Waals surface area contributed by atoms with Crippen LogP contribution in [0, 0.1) is 5.82 Å². The normalized spacial score (nSPS) is 16.1. The van der Waals surface area contributed by atoms with Gasteiger partial charge in [0.2, 0.25) is 0 Å². The molecule has 3 aromatic rings. The Morgan fingerprint density at radius 2 is 1.77 bits per heavy atom. The topological polar surface area (TPSA) is 70.3 Å². The molecule has 0 saturated carbocycles. The highest BCUT2D eigenvalue weighted by atomic mass is 19.1. The second kappa shape index (κ2) is 9.11. The van der Waals surface area contributed by atoms with Crippen LogP contribution in [-0.2, 0) is 13.6 Å². The quantitative estimate of drug-likeness (QED) is 0.656. The van der Waals surface area contributed by atoms with Crippen molar-refractivity contribution in [1.82, 2.24) is 24.4 Å². The molecule has 0 spiro atoms. The number of hydrogen-bond acceptors (Lipinski definition) is 6. The Morgan fingerprint density at radius 3 is 2.39 bits per heavy atom. The van der Waals surface area contributed by atoms with E-state index in [1.165, 1.54) is 6.07 Å². The summed E-state index contributed by atoms with van der Waals surface area (Å²) in [5.41, 5.74) is 2.08. The van der Waals surface area contributed by atoms with Gasteiger partial charge in [0.15, 0.2) is 0 Å². The van der Waals surface area contributed by atoms with E-state index in [1.54, 1.807) is 29.1 Å². The first kappa shape index (κ1) is 21.4. The Bertz CT molecular complexity index is 1010. The van der Waals surface area contributed by atoms with Crippen molar-refractivity contribution in [2.24, 2.45) is 7.05 Å². The number of aromatic nitrogens is 4. The van der Waals surface area contributed by atoms with Gasteiger partial charge < -0.3 is 14.6 Å². The molecular weight excluding hydrogens is 395 g/mol. The highest BCUT2D eigenvalue weighted by Crippen LogP contribution is 2.33. The molecule has 0 amide bonds. The molecule has 1 fully saturated rings. The van der Waals surface area contributed by atoms with Gasteiger partial charge in [-0.3, -0.25) is 4.90 Å². The Labute approximate surface area is 182 Å². The molecule has 0 aliphatic carbocycles. The van der Waals surface area contributed by atoms with Crippen LogP contribution in [0.25, 0.3) is 0 Å². The number of aryl methyl sites for hydroxylation is 1. The van der Waals surface area contributed by atoms with E-state index in [0.717, 1.165) is 31.0 Å². The van der Waals surface area contributed by atoms with Crippen molar-refractivity contribution in [3.8, 4) is 0 Å². The third-order valence-corrected chi connectivity index (χ3v) is 5.75. The predicted octanol–water partition coefficient (Wildman–Crippen LogP) is 2.88. The monoisotopic (exact) mass is 424 g/mol. The molecule has 1 aromatic carbocycles. The third kappa shape index (κ3) is 4.60. The van der Waals surface area contributed by atoms with Gasteiger partial charge in [-0.25, -0.2) is 19.3 Å². The summed E-state index contributed by atoms with van der Waals surface area (Å²) < 4.78 is 16.6. The molecule has 1 N–H and O–H groups in total. The van der Waals surface area contributed by atoms with E-state index in [2.05, 4.69) is 33.7 Å². The molecule has 4 rings (SSSR count). The fourth-order valence-electron chi connectivity index (χ4n) is 4.00. The van der Waals surface area contributed by atoms with E-state index in [9.17, 15) is 9.50 Å². The summed E-state index contributed by atoms with van der Waals surface area (Å²) >= 11 is 0. The van der Waals surface area contributed by atoms with Crippen molar-refractivity contribution >= 4 is 5.69 Å². The van der Waals surface area contributed by atoms with Crippen molar-refractivity contribution in [2.45, 2.75) is 32.4 Å². The van der Waals surface area contributed by atoms with Crippen LogP contribution < -0.4 is 4.90 Å². The number of para-hydroxylation sites is 1. The zero-order valence-corrected chi connectivity index (χ0v) is 18.2. The molecule has 3 heterocycles. The third-order valence-electron chi connectivity index (χ3n) is 5.75. The van der Waals surface area contributed by atoms with E-state index >= 15 is 0 Å². The van der Waals surface area contributed by atoms with E-state index in [4.69, 9.17) is 0 Å². The maximum Gasteiger partial charge on any atom is 0.146 e. The molecule has 1 aliphatic rings. The van der Waals surface area contributed by atoms with Gasteiger partial charge in [0, 0.05) is 81.6 Å². The maximum atomic E-state index is 14.9. The standard InChI is InChI=1S/C23H29FN6O/c1-16(2)22-26-13-17(14-27-22)15-29-9-11-30(12-10-29)20-18(5-4-6-19(20)24)21(31)23-25-7-8-28(23)3/h4-8,13-14,16,21,31H,9-12,15H2,1-3H3. The Kier molecular flexibility index (Phi) is 6.29. The summed E-state index contributed by atoms with van der Waals surface area (Å²) in [5, 5.41) is 10.9. The average molecular weight is 425 g/mol. The molecular formula is C23H29FN6O. The summed E-state index contributed by atoms with van der Waals surface area (Å²) in [4.78, 5) is 17.5. The Hall–Kier alpha value is -2.84. The van der Waals surface area contributed by atoms with Crippen molar-refractivity contribution in [3.63, 3.8) is 0 Å². The number of hydrogen-bond donors (Lipinski definition) is 1. The van der Waals surface area contributed by atoms with Gasteiger partial charge in [0.1, 0.15) is 23.6 Å². The largest absolute Gasteiger partial charge is 0.380 e. The van der Waals surface area contributed by atoms with Gasteiger partial charge in [0.05, 0.1) is 5.69 Å². The van der Waals surface area contributed by atoms with Crippen molar-refractivity contribution in [3.05, 3.63) is 71.6 Å². The van der Waals surface area contributed by atoms with Crippen LogP contribution in [0.5, 0.6) is 0 Å². The van der Waals surface area contributed by atoms with E-state index in [1.807, 2.05) is 24.3 Å². The van der Waals surface area contributed by atoms with Crippen LogP contribution in [0.2, 0.25) is 0 Å². The number of halogens is 1. The lowest BCUT2D eigenvalue weighted by Crippen LogP contribution is -2.46. The fourth-order valence-corrected chi connectivity index (χ4v) is 4.00. The van der Waals surface area contributed by atoms with Gasteiger partial charge in [-0.1, -0.05) is 26.0 Å². The minimum atomic E-state index is -0.986. The highest BCUT2D eigenvalue weighted by Gasteiger charge is 2.26. The summed E-state index contributed by atoms with van der Waals surface area (Å²) in [5.74, 6) is 1.34. The van der Waals surface area contributed by atoms with Crippen LogP contribution in [0.1, 0.15) is 48.6 Å². The summed E-state index contributed by atoms with van der Waals surface area (Å²) in [6, 6.07) is 4.86. The van der Waals surface area contributed by atoms with E-state index < -0.39 is 6.10 Å². The lowest BCUT2D eigenvalue weighted by atomic mass is 10.0. The summed E-state index contributed by atoms with van der Waals surface area (Å²) in [6.45, 7) is 7.85. The summed E-state index contributed by atoms with van der Waals surface area (Å²) in [7, 11) is 1.82. The fraction of sp³-hybridized carbons (Fsp3) is 0.435. The maximum absolute atomic E-state index is 14.9. The Morgan fingerprint density at radius 1 is 1.06 bits per heavy atom. The van der Waals surface area contributed by atoms with Crippen LogP contribution >= 0.6 is 0 Å². The van der Waals surface area contributed by atoms with E-state index in [0.29, 0.717) is 36.1 Å². The first-order chi connectivity index (χ1) is 14.9. The predicted molar refractivity (Wildman–Crippen MR) is 117 cm³/mol. The van der Waals surface area contributed by atoms with Crippen molar-refractivity contribution in [2.75, 3.05) is 31.1 Å². The lowest BCUT2D eigenvalue weighted by molar-refractivity contribution is 0.205. The number of piperazine rings is 1. The van der Waals surface area contributed by atoms with Gasteiger partial charge >= 0.3 is 0 Å². The number of rotatable bonds is 6. The van der Waals surface area contributed by atoms with Crippen LogP contribution in [-0.4, -0.2) is 55.7 Å². The second-order valence-electron chi connectivity index (χ2n) is 8.34. The van der Waals surface area contributed by atoms with Crippen molar-refractivity contribution < 1.29 is 9.50 Å². The van der Waals surface area contributed by atoms with Crippen LogP contribution in [0.4, 0.5) is 10.1 Å². The SMILES string of the molecule is CC(C)c1ncc(CN2CCN(c3c(F)cccc3C(O)c3nccn3C)CC2)cn1. The van der Waals surface area contributed by atoms with Gasteiger partial charge in [-0.15, -0.1) is 0 Å². The molecule has 1 unspecified atom stereocenters. The van der Waals surface area contributed by atoms with Crippen LogP contribution in [0.15, 0.2) is 43.0 Å². The molecule has 1 atom stereocenters. The second-order valence-corrected chi connectivity index (χ2v) is 8.34. The van der Waals surface area contributed by atoms with Gasteiger partial charge in [-0.2, -0.15) is 0 Å². The first-order valence-electron chi connectivity index (χ1n) is 10.7. The molecule has 8 heteroatoms. The smallest absolute Gasteiger partial charge is 0.146 e. The number of nitrogens with zero attached hydrogens (tertiary/aromatic N) is 6. The molecule has 1 saturated heterocycles. The zero-order valence-electron chi connectivity index (χ0n) is 18.2. The molecule has 31 heavy (non-hydrogen) atoms. The number of aliphatic hydroxyl groups is 1. The number of aliphatic hydroxyl groups excluding tert-OH is 1. The van der Waals surface area contributed by atoms with Gasteiger partial charge in [0.25, 0.3) is 0 Å². The van der Waals surface area contributed by atoms with Crippen molar-refractivity contribution in [1.29, 1.82) is 0 Å². The highest BCUT2D eigenvalue weighted by molar-refractivity contribution is 5.57. The minimum Gasteiger partial charge on any atom is -0.380 e. The van der Waals surface area contributed by atoms with E-state index in [-0.39, 0.29) is 5.82 Å². The van der Waals surface area contributed by atoms with Gasteiger partial charge in [-0.05, 0) is 6.07 Å². The number of anilines is 1. The summed E-state index contributed by atoms with van der Waals surface area (Å²) in [6.07, 6.45) is 6.21. The lowest BCUT2D eigenvalue weighted by Gasteiger charge is -2.37. The Balaban J connectivity index is 1.46. The molecule has 0 bridgehead atoms. The molecule has 7 nitrogen and oxygen atoms in total. The molecule has 1 aliphatic heterocycles. The first-order valence-corrected chi connectivity index (χ1v) is 10.7. The molecule has 2 aromatic heterocycles. The zero-order chi connectivity index (χ0) is 22.0. The molecule has 164 valence electrons. The average Bonchev–Trinajstić information content (AvgIpc) is 3.20.